The molecule has 0 aromatic rings. The number of carbonyl (C=O) groups is 1. The first-order valence-corrected chi connectivity index (χ1v) is 3.53. The standard InChI is InChI=1S/C6H6F2O5/c7-5(8)4(10)13-3-2(9)1-12-6(3,5)11/h2-3,9,11H,1H2/t2-,3+,6-/m0/s1. The summed E-state index contributed by atoms with van der Waals surface area (Å²) >= 11 is 0. The Hall–Kier alpha value is -0.790. The molecule has 2 fully saturated rings. The Labute approximate surface area is 70.9 Å². The van der Waals surface area contributed by atoms with Crippen molar-refractivity contribution < 1.29 is 33.3 Å². The lowest BCUT2D eigenvalue weighted by Crippen LogP contribution is -2.52. The molecule has 13 heavy (non-hydrogen) atoms. The average molecular weight is 196 g/mol. The fraction of sp³-hybridized carbons (Fsp3) is 0.833. The highest BCUT2D eigenvalue weighted by molar-refractivity contribution is 5.82. The monoisotopic (exact) mass is 196 g/mol. The molecule has 2 N–H and O–H groups in total. The maximum absolute atomic E-state index is 12.9. The Morgan fingerprint density at radius 3 is 2.69 bits per heavy atom. The van der Waals surface area contributed by atoms with Crippen LogP contribution in [0.15, 0.2) is 0 Å². The fourth-order valence-corrected chi connectivity index (χ4v) is 1.41. The Balaban J connectivity index is 2.41. The molecular formula is C6H6F2O5. The zero-order valence-electron chi connectivity index (χ0n) is 6.24. The van der Waals surface area contributed by atoms with Gasteiger partial charge in [0.1, 0.15) is 6.10 Å². The number of rotatable bonds is 0. The molecule has 0 spiro atoms. The highest BCUT2D eigenvalue weighted by Gasteiger charge is 2.76. The van der Waals surface area contributed by atoms with Crippen LogP contribution in [0.1, 0.15) is 0 Å². The van der Waals surface area contributed by atoms with E-state index >= 15 is 0 Å². The van der Waals surface area contributed by atoms with Crippen molar-refractivity contribution in [2.24, 2.45) is 0 Å². The van der Waals surface area contributed by atoms with Crippen molar-refractivity contribution in [1.29, 1.82) is 0 Å². The van der Waals surface area contributed by atoms with Crippen LogP contribution in [0.5, 0.6) is 0 Å². The summed E-state index contributed by atoms with van der Waals surface area (Å²) in [5.41, 5.74) is 0. The number of ether oxygens (including phenoxy) is 2. The van der Waals surface area contributed by atoms with Crippen molar-refractivity contribution in [3.63, 3.8) is 0 Å². The highest BCUT2D eigenvalue weighted by Crippen LogP contribution is 2.46. The third-order valence-corrected chi connectivity index (χ3v) is 2.15. The Morgan fingerprint density at radius 2 is 2.15 bits per heavy atom. The number of fused-ring (bicyclic) bond motifs is 1. The number of hydrogen-bond acceptors (Lipinski definition) is 5. The zero-order chi connectivity index (χ0) is 9.85. The number of esters is 1. The smallest absolute Gasteiger partial charge is 0.398 e. The second kappa shape index (κ2) is 2.17. The van der Waals surface area contributed by atoms with Crippen LogP contribution in [0.25, 0.3) is 0 Å². The maximum Gasteiger partial charge on any atom is 0.398 e. The normalized spacial score (nSPS) is 47.5. The van der Waals surface area contributed by atoms with Crippen LogP contribution in [0.2, 0.25) is 0 Å². The fourth-order valence-electron chi connectivity index (χ4n) is 1.41. The van der Waals surface area contributed by atoms with Crippen LogP contribution in [-0.2, 0) is 14.3 Å². The molecule has 2 rings (SSSR count). The van der Waals surface area contributed by atoms with Crippen LogP contribution >= 0.6 is 0 Å². The lowest BCUT2D eigenvalue weighted by molar-refractivity contribution is -0.277. The van der Waals surface area contributed by atoms with Crippen LogP contribution in [0, 0.1) is 0 Å². The largest absolute Gasteiger partial charge is 0.449 e. The SMILES string of the molecule is O=C1O[C@@H]2[C@@H](O)CO[C@]2(O)C1(F)F. The van der Waals surface area contributed by atoms with Crippen molar-refractivity contribution in [1.82, 2.24) is 0 Å². The van der Waals surface area contributed by atoms with E-state index in [1.54, 1.807) is 0 Å². The minimum absolute atomic E-state index is 0.482. The van der Waals surface area contributed by atoms with Gasteiger partial charge in [0.25, 0.3) is 5.79 Å². The predicted octanol–water partition coefficient (Wildman–Crippen LogP) is -1.37. The van der Waals surface area contributed by atoms with E-state index in [0.29, 0.717) is 0 Å². The first-order valence-electron chi connectivity index (χ1n) is 3.53. The van der Waals surface area contributed by atoms with E-state index in [0.717, 1.165) is 0 Å². The van der Waals surface area contributed by atoms with Gasteiger partial charge in [0.05, 0.1) is 6.61 Å². The summed E-state index contributed by atoms with van der Waals surface area (Å²) in [4.78, 5) is 10.5. The van der Waals surface area contributed by atoms with Crippen molar-refractivity contribution in [3.05, 3.63) is 0 Å². The van der Waals surface area contributed by atoms with Gasteiger partial charge in [0, 0.05) is 0 Å². The number of aliphatic hydroxyl groups excluding tert-OH is 1. The summed E-state index contributed by atoms with van der Waals surface area (Å²) in [5.74, 6) is -9.00. The van der Waals surface area contributed by atoms with E-state index in [-0.39, 0.29) is 0 Å². The van der Waals surface area contributed by atoms with Gasteiger partial charge in [-0.15, -0.1) is 0 Å². The lowest BCUT2D eigenvalue weighted by atomic mass is 10.1. The van der Waals surface area contributed by atoms with E-state index in [2.05, 4.69) is 9.47 Å². The van der Waals surface area contributed by atoms with Gasteiger partial charge >= 0.3 is 11.9 Å². The molecule has 0 amide bonds. The van der Waals surface area contributed by atoms with Gasteiger partial charge in [-0.2, -0.15) is 8.78 Å². The third-order valence-electron chi connectivity index (χ3n) is 2.15. The predicted molar refractivity (Wildman–Crippen MR) is 31.7 cm³/mol. The first-order chi connectivity index (χ1) is 5.89. The molecule has 0 unspecified atom stereocenters. The highest BCUT2D eigenvalue weighted by atomic mass is 19.3. The van der Waals surface area contributed by atoms with Gasteiger partial charge < -0.3 is 19.7 Å². The summed E-state index contributed by atoms with van der Waals surface area (Å²) in [6, 6.07) is 0. The van der Waals surface area contributed by atoms with Crippen molar-refractivity contribution >= 4 is 5.97 Å². The van der Waals surface area contributed by atoms with Crippen molar-refractivity contribution in [2.45, 2.75) is 23.9 Å². The molecule has 2 saturated heterocycles. The molecule has 7 heteroatoms. The van der Waals surface area contributed by atoms with Crippen LogP contribution in [0.4, 0.5) is 8.78 Å². The molecule has 0 aromatic heterocycles. The van der Waals surface area contributed by atoms with Gasteiger partial charge in [-0.25, -0.2) is 4.79 Å². The number of aliphatic hydroxyl groups is 2. The molecule has 74 valence electrons. The van der Waals surface area contributed by atoms with Crippen LogP contribution in [0.3, 0.4) is 0 Å². The molecular weight excluding hydrogens is 190 g/mol. The summed E-state index contributed by atoms with van der Waals surface area (Å²) in [6.07, 6.45) is -3.11. The molecule has 0 aliphatic carbocycles. The first kappa shape index (κ1) is 8.79. The molecule has 0 radical (unpaired) electrons. The lowest BCUT2D eigenvalue weighted by Gasteiger charge is -2.22. The number of alkyl halides is 2. The maximum atomic E-state index is 12.9. The summed E-state index contributed by atoms with van der Waals surface area (Å²) < 4.78 is 34.2. The zero-order valence-corrected chi connectivity index (χ0v) is 6.24. The van der Waals surface area contributed by atoms with Gasteiger partial charge in [-0.1, -0.05) is 0 Å². The van der Waals surface area contributed by atoms with E-state index in [1.165, 1.54) is 0 Å². The molecule has 5 nitrogen and oxygen atoms in total. The van der Waals surface area contributed by atoms with Crippen LogP contribution < -0.4 is 0 Å². The Bertz CT molecular complexity index is 268. The molecule has 0 bridgehead atoms. The number of halogens is 2. The van der Waals surface area contributed by atoms with E-state index in [9.17, 15) is 18.7 Å². The van der Waals surface area contributed by atoms with Crippen LogP contribution in [-0.4, -0.2) is 46.7 Å². The van der Waals surface area contributed by atoms with Gasteiger partial charge in [-0.05, 0) is 0 Å². The topological polar surface area (TPSA) is 76.0 Å². The summed E-state index contributed by atoms with van der Waals surface area (Å²) in [5, 5.41) is 18.2. The summed E-state index contributed by atoms with van der Waals surface area (Å²) in [6.45, 7) is -0.482. The third kappa shape index (κ3) is 0.812. The quantitative estimate of drug-likeness (QED) is 0.467. The molecule has 2 aliphatic heterocycles. The van der Waals surface area contributed by atoms with Crippen molar-refractivity contribution in [3.8, 4) is 0 Å². The number of hydrogen-bond donors (Lipinski definition) is 2. The van der Waals surface area contributed by atoms with Gasteiger partial charge in [0.15, 0.2) is 6.10 Å². The van der Waals surface area contributed by atoms with Crippen molar-refractivity contribution in [2.75, 3.05) is 6.61 Å². The minimum atomic E-state index is -4.12. The second-order valence-corrected chi connectivity index (χ2v) is 2.98. The van der Waals surface area contributed by atoms with Gasteiger partial charge in [0.2, 0.25) is 0 Å². The van der Waals surface area contributed by atoms with Gasteiger partial charge in [-0.3, -0.25) is 0 Å². The van der Waals surface area contributed by atoms with E-state index in [4.69, 9.17) is 5.11 Å². The molecule has 0 aromatic carbocycles. The molecule has 0 saturated carbocycles. The Kier molecular flexibility index (Phi) is 1.47. The summed E-state index contributed by atoms with van der Waals surface area (Å²) in [7, 11) is 0. The second-order valence-electron chi connectivity index (χ2n) is 2.98. The Morgan fingerprint density at radius 1 is 1.54 bits per heavy atom. The minimum Gasteiger partial charge on any atom is -0.449 e. The molecule has 3 atom stereocenters. The van der Waals surface area contributed by atoms with E-state index < -0.39 is 36.5 Å². The van der Waals surface area contributed by atoms with E-state index in [1.807, 2.05) is 0 Å². The molecule has 2 aliphatic rings. The molecule has 2 heterocycles. The average Bonchev–Trinajstić information content (AvgIpc) is 2.40. The number of carbonyl (C=O) groups excluding carboxylic acids is 1.